The van der Waals surface area contributed by atoms with Crippen LogP contribution in [0.1, 0.15) is 5.56 Å². The summed E-state index contributed by atoms with van der Waals surface area (Å²) in [7, 11) is -4.40. The van der Waals surface area contributed by atoms with E-state index in [1.165, 1.54) is 42.5 Å². The molecule has 0 fully saturated rings. The number of nitro benzene ring substituents is 1. The molecular weight excluding hydrogens is 463 g/mol. The maximum Gasteiger partial charge on any atom is 0.416 e. The second-order valence-electron chi connectivity index (χ2n) is 6.69. The molecule has 0 atom stereocenters. The van der Waals surface area contributed by atoms with E-state index in [4.69, 9.17) is 0 Å². The number of carbonyl (C=O) groups is 1. The Morgan fingerprint density at radius 2 is 1.52 bits per heavy atom. The summed E-state index contributed by atoms with van der Waals surface area (Å²) in [4.78, 5) is 23.1. The van der Waals surface area contributed by atoms with Crippen molar-refractivity contribution < 1.29 is 31.3 Å². The molecule has 8 nitrogen and oxygen atoms in total. The zero-order chi connectivity index (χ0) is 24.2. The Morgan fingerprint density at radius 1 is 0.939 bits per heavy atom. The van der Waals surface area contributed by atoms with Gasteiger partial charge in [0.15, 0.2) is 0 Å². The largest absolute Gasteiger partial charge is 0.416 e. The van der Waals surface area contributed by atoms with Crippen LogP contribution in [0, 0.1) is 10.1 Å². The first-order chi connectivity index (χ1) is 15.5. The summed E-state index contributed by atoms with van der Waals surface area (Å²) in [6.07, 6.45) is -4.56. The SMILES string of the molecule is O=C(CN(c1ccccc1[N+](=O)[O-])S(=O)(=O)c1ccccc1)Nc1ccc(C(F)(F)F)cc1. The second-order valence-corrected chi connectivity index (χ2v) is 8.56. The van der Waals surface area contributed by atoms with Crippen LogP contribution < -0.4 is 9.62 Å². The molecule has 33 heavy (non-hydrogen) atoms. The standard InChI is InChI=1S/C21H16F3N3O5S/c22-21(23,24)15-10-12-16(13-11-15)25-20(28)14-26(18-8-4-5-9-19(18)27(29)30)33(31,32)17-6-2-1-3-7-17/h1-13H,14H2,(H,25,28). The molecule has 0 heterocycles. The summed E-state index contributed by atoms with van der Waals surface area (Å²) < 4.78 is 65.2. The van der Waals surface area contributed by atoms with Gasteiger partial charge in [-0.25, -0.2) is 12.7 Å². The number of alkyl halides is 3. The van der Waals surface area contributed by atoms with Gasteiger partial charge in [-0.15, -0.1) is 0 Å². The summed E-state index contributed by atoms with van der Waals surface area (Å²) in [5.74, 6) is -0.910. The molecule has 3 aromatic carbocycles. The number of benzene rings is 3. The van der Waals surface area contributed by atoms with Crippen LogP contribution in [-0.2, 0) is 21.0 Å². The monoisotopic (exact) mass is 479 g/mol. The minimum atomic E-state index is -4.56. The fourth-order valence-electron chi connectivity index (χ4n) is 2.92. The summed E-state index contributed by atoms with van der Waals surface area (Å²) in [5, 5.41) is 13.8. The number of nitrogens with zero attached hydrogens (tertiary/aromatic N) is 2. The van der Waals surface area contributed by atoms with Crippen LogP contribution in [0.25, 0.3) is 0 Å². The lowest BCUT2D eigenvalue weighted by molar-refractivity contribution is -0.384. The molecule has 1 amide bonds. The van der Waals surface area contributed by atoms with Crippen LogP contribution >= 0.6 is 0 Å². The number of nitro groups is 1. The normalized spacial score (nSPS) is 11.6. The highest BCUT2D eigenvalue weighted by molar-refractivity contribution is 7.92. The highest BCUT2D eigenvalue weighted by Crippen LogP contribution is 2.32. The molecule has 3 aromatic rings. The van der Waals surface area contributed by atoms with Gasteiger partial charge in [0.2, 0.25) is 5.91 Å². The van der Waals surface area contributed by atoms with E-state index in [0.29, 0.717) is 4.31 Å². The van der Waals surface area contributed by atoms with Gasteiger partial charge in [-0.05, 0) is 42.5 Å². The molecule has 0 aliphatic heterocycles. The van der Waals surface area contributed by atoms with Gasteiger partial charge < -0.3 is 5.32 Å². The number of amides is 1. The third kappa shape index (κ3) is 5.47. The van der Waals surface area contributed by atoms with Crippen molar-refractivity contribution in [3.63, 3.8) is 0 Å². The van der Waals surface area contributed by atoms with Gasteiger partial charge in [0.25, 0.3) is 15.7 Å². The molecule has 0 unspecified atom stereocenters. The van der Waals surface area contributed by atoms with Gasteiger partial charge >= 0.3 is 6.18 Å². The van der Waals surface area contributed by atoms with Gasteiger partial charge in [-0.1, -0.05) is 30.3 Å². The number of anilines is 2. The predicted octanol–water partition coefficient (Wildman–Crippen LogP) is 4.45. The van der Waals surface area contributed by atoms with Crippen LogP contribution in [0.5, 0.6) is 0 Å². The molecule has 0 radical (unpaired) electrons. The molecule has 0 saturated carbocycles. The molecule has 172 valence electrons. The van der Waals surface area contributed by atoms with E-state index in [-0.39, 0.29) is 16.3 Å². The van der Waals surface area contributed by atoms with Crippen LogP contribution in [0.2, 0.25) is 0 Å². The van der Waals surface area contributed by atoms with Gasteiger partial charge in [0.1, 0.15) is 12.2 Å². The quantitative estimate of drug-likeness (QED) is 0.398. The Balaban J connectivity index is 1.95. The zero-order valence-corrected chi connectivity index (χ0v) is 17.5. The molecule has 0 bridgehead atoms. The highest BCUT2D eigenvalue weighted by Gasteiger charge is 2.32. The fraction of sp³-hybridized carbons (Fsp3) is 0.0952. The van der Waals surface area contributed by atoms with Crippen molar-refractivity contribution >= 4 is 33.0 Å². The zero-order valence-electron chi connectivity index (χ0n) is 16.7. The Labute approximate surface area is 186 Å². The first-order valence-corrected chi connectivity index (χ1v) is 10.7. The van der Waals surface area contributed by atoms with E-state index >= 15 is 0 Å². The third-order valence-corrected chi connectivity index (χ3v) is 6.24. The molecule has 1 N–H and O–H groups in total. The fourth-order valence-corrected chi connectivity index (χ4v) is 4.38. The van der Waals surface area contributed by atoms with E-state index in [2.05, 4.69) is 5.32 Å². The van der Waals surface area contributed by atoms with Crippen molar-refractivity contribution in [2.24, 2.45) is 0 Å². The molecule has 12 heteroatoms. The Morgan fingerprint density at radius 3 is 2.09 bits per heavy atom. The molecule has 0 saturated heterocycles. The molecule has 0 aromatic heterocycles. The Hall–Kier alpha value is -3.93. The van der Waals surface area contributed by atoms with E-state index in [0.717, 1.165) is 30.3 Å². The minimum Gasteiger partial charge on any atom is -0.325 e. The predicted molar refractivity (Wildman–Crippen MR) is 114 cm³/mol. The maximum absolute atomic E-state index is 13.2. The van der Waals surface area contributed by atoms with Crippen LogP contribution in [-0.4, -0.2) is 25.8 Å². The first-order valence-electron chi connectivity index (χ1n) is 9.28. The highest BCUT2D eigenvalue weighted by atomic mass is 32.2. The van der Waals surface area contributed by atoms with Crippen molar-refractivity contribution in [2.45, 2.75) is 11.1 Å². The van der Waals surface area contributed by atoms with Gasteiger partial charge in [-0.3, -0.25) is 14.9 Å². The minimum absolute atomic E-state index is 0.00683. The van der Waals surface area contributed by atoms with Crippen molar-refractivity contribution in [1.29, 1.82) is 0 Å². The smallest absolute Gasteiger partial charge is 0.325 e. The van der Waals surface area contributed by atoms with Gasteiger partial charge in [-0.2, -0.15) is 13.2 Å². The number of halogens is 3. The number of para-hydroxylation sites is 2. The van der Waals surface area contributed by atoms with E-state index in [9.17, 15) is 36.5 Å². The molecular formula is C21H16F3N3O5S. The number of sulfonamides is 1. The topological polar surface area (TPSA) is 110 Å². The summed E-state index contributed by atoms with van der Waals surface area (Å²) in [6.45, 7) is -0.858. The molecule has 3 rings (SSSR count). The average molecular weight is 479 g/mol. The number of hydrogen-bond donors (Lipinski definition) is 1. The Kier molecular flexibility index (Phi) is 6.68. The lowest BCUT2D eigenvalue weighted by Gasteiger charge is -2.23. The van der Waals surface area contributed by atoms with Crippen LogP contribution in [0.4, 0.5) is 30.2 Å². The van der Waals surface area contributed by atoms with E-state index in [1.54, 1.807) is 6.07 Å². The van der Waals surface area contributed by atoms with Crippen LogP contribution in [0.15, 0.2) is 83.8 Å². The molecule has 0 spiro atoms. The lowest BCUT2D eigenvalue weighted by atomic mass is 10.2. The van der Waals surface area contributed by atoms with E-state index in [1.807, 2.05) is 0 Å². The number of carbonyl (C=O) groups excluding carboxylic acids is 1. The third-order valence-electron chi connectivity index (χ3n) is 4.46. The van der Waals surface area contributed by atoms with Crippen LogP contribution in [0.3, 0.4) is 0 Å². The summed E-state index contributed by atoms with van der Waals surface area (Å²) >= 11 is 0. The van der Waals surface area contributed by atoms with Crippen molar-refractivity contribution in [3.8, 4) is 0 Å². The summed E-state index contributed by atoms with van der Waals surface area (Å²) in [5.41, 5.74) is -1.81. The number of rotatable bonds is 7. The average Bonchev–Trinajstić information content (AvgIpc) is 2.77. The molecule has 0 aliphatic carbocycles. The number of hydrogen-bond acceptors (Lipinski definition) is 5. The number of nitrogens with one attached hydrogen (secondary N) is 1. The Bertz CT molecular complexity index is 1260. The van der Waals surface area contributed by atoms with Crippen molar-refractivity contribution in [3.05, 3.63) is 94.5 Å². The summed E-state index contributed by atoms with van der Waals surface area (Å²) in [6, 6.07) is 15.6. The van der Waals surface area contributed by atoms with E-state index < -0.39 is 44.8 Å². The molecule has 0 aliphatic rings. The van der Waals surface area contributed by atoms with Gasteiger partial charge in [0.05, 0.1) is 15.4 Å². The maximum atomic E-state index is 13.2. The second kappa shape index (κ2) is 9.28. The van der Waals surface area contributed by atoms with Crippen molar-refractivity contribution in [2.75, 3.05) is 16.2 Å². The van der Waals surface area contributed by atoms with Gasteiger partial charge in [0, 0.05) is 11.8 Å². The first kappa shape index (κ1) is 23.7. The van der Waals surface area contributed by atoms with Crippen molar-refractivity contribution in [1.82, 2.24) is 0 Å². The lowest BCUT2D eigenvalue weighted by Crippen LogP contribution is -2.38.